The predicted molar refractivity (Wildman–Crippen MR) is 56.3 cm³/mol. The van der Waals surface area contributed by atoms with Gasteiger partial charge in [-0.1, -0.05) is 35.8 Å². The molecule has 0 fully saturated rings. The van der Waals surface area contributed by atoms with Crippen molar-refractivity contribution in [1.29, 1.82) is 0 Å². The van der Waals surface area contributed by atoms with Crippen LogP contribution in [-0.4, -0.2) is 9.48 Å². The molecule has 2 N–H and O–H groups in total. The van der Waals surface area contributed by atoms with Gasteiger partial charge >= 0.3 is 0 Å². The maximum atomic E-state index is 10.9. The van der Waals surface area contributed by atoms with Crippen LogP contribution in [0.5, 0.6) is 0 Å². The standard InChI is InChI=1S/C10H9NO2S/c12-6-7-1-3-8(4-2-7)9-5-10(13)11-14-9/h1-5,12H,6H2,(H,11,13). The zero-order valence-electron chi connectivity index (χ0n) is 7.36. The third kappa shape index (κ3) is 1.76. The molecular formula is C10H9NO2S. The summed E-state index contributed by atoms with van der Waals surface area (Å²) in [7, 11) is 0. The summed E-state index contributed by atoms with van der Waals surface area (Å²) >= 11 is 1.32. The lowest BCUT2D eigenvalue weighted by Crippen LogP contribution is -1.91. The van der Waals surface area contributed by atoms with Gasteiger partial charge in [-0.2, -0.15) is 0 Å². The van der Waals surface area contributed by atoms with Gasteiger partial charge in [0.05, 0.1) is 11.5 Å². The highest BCUT2D eigenvalue weighted by Crippen LogP contribution is 2.21. The van der Waals surface area contributed by atoms with Crippen molar-refractivity contribution in [2.45, 2.75) is 6.61 Å². The van der Waals surface area contributed by atoms with E-state index < -0.39 is 0 Å². The van der Waals surface area contributed by atoms with Crippen LogP contribution < -0.4 is 5.56 Å². The molecule has 0 aliphatic carbocycles. The molecule has 0 aliphatic heterocycles. The Morgan fingerprint density at radius 1 is 1.29 bits per heavy atom. The number of rotatable bonds is 2. The normalized spacial score (nSPS) is 10.4. The molecule has 72 valence electrons. The number of hydrogen-bond acceptors (Lipinski definition) is 3. The van der Waals surface area contributed by atoms with Crippen LogP contribution in [0.25, 0.3) is 10.4 Å². The maximum absolute atomic E-state index is 10.9. The van der Waals surface area contributed by atoms with Gasteiger partial charge in [0, 0.05) is 6.07 Å². The average Bonchev–Trinajstić information content (AvgIpc) is 2.65. The first kappa shape index (κ1) is 9.18. The minimum atomic E-state index is -0.0729. The lowest BCUT2D eigenvalue weighted by Gasteiger charge is -1.98. The number of H-pyrrole nitrogens is 1. The second-order valence-corrected chi connectivity index (χ2v) is 3.78. The zero-order chi connectivity index (χ0) is 9.97. The molecule has 0 saturated heterocycles. The molecule has 0 spiro atoms. The minimum Gasteiger partial charge on any atom is -0.392 e. The Morgan fingerprint density at radius 3 is 2.50 bits per heavy atom. The van der Waals surface area contributed by atoms with Crippen LogP contribution in [0.15, 0.2) is 35.1 Å². The molecular weight excluding hydrogens is 198 g/mol. The Hall–Kier alpha value is -1.39. The molecule has 1 aromatic carbocycles. The Kier molecular flexibility index (Phi) is 2.47. The van der Waals surface area contributed by atoms with E-state index in [2.05, 4.69) is 4.37 Å². The summed E-state index contributed by atoms with van der Waals surface area (Å²) in [4.78, 5) is 11.8. The van der Waals surface area contributed by atoms with Crippen molar-refractivity contribution in [2.75, 3.05) is 0 Å². The molecule has 1 aromatic heterocycles. The van der Waals surface area contributed by atoms with E-state index in [0.717, 1.165) is 16.0 Å². The SMILES string of the molecule is O=c1cc(-c2ccc(CO)cc2)s[nH]1. The Balaban J connectivity index is 2.38. The minimum absolute atomic E-state index is 0.0453. The zero-order valence-corrected chi connectivity index (χ0v) is 8.17. The van der Waals surface area contributed by atoms with Gasteiger partial charge in [-0.25, -0.2) is 0 Å². The van der Waals surface area contributed by atoms with Gasteiger partial charge in [0.15, 0.2) is 0 Å². The molecule has 2 rings (SSSR count). The maximum Gasteiger partial charge on any atom is 0.258 e. The number of aliphatic hydroxyl groups is 1. The van der Waals surface area contributed by atoms with E-state index >= 15 is 0 Å². The molecule has 2 aromatic rings. The molecule has 0 bridgehead atoms. The van der Waals surface area contributed by atoms with Crippen molar-refractivity contribution in [3.8, 4) is 10.4 Å². The van der Waals surface area contributed by atoms with Gasteiger partial charge in [-0.05, 0) is 11.1 Å². The van der Waals surface area contributed by atoms with E-state index in [1.807, 2.05) is 24.3 Å². The van der Waals surface area contributed by atoms with Crippen molar-refractivity contribution >= 4 is 11.5 Å². The van der Waals surface area contributed by atoms with Crippen molar-refractivity contribution in [3.63, 3.8) is 0 Å². The van der Waals surface area contributed by atoms with Gasteiger partial charge in [0.25, 0.3) is 5.56 Å². The lowest BCUT2D eigenvalue weighted by molar-refractivity contribution is 0.282. The Morgan fingerprint density at radius 2 is 2.00 bits per heavy atom. The van der Waals surface area contributed by atoms with E-state index in [4.69, 9.17) is 5.11 Å². The topological polar surface area (TPSA) is 53.1 Å². The molecule has 1 heterocycles. The van der Waals surface area contributed by atoms with Gasteiger partial charge in [-0.3, -0.25) is 9.17 Å². The summed E-state index contributed by atoms with van der Waals surface area (Å²) < 4.78 is 2.63. The van der Waals surface area contributed by atoms with Gasteiger partial charge in [0.1, 0.15) is 0 Å². The second-order valence-electron chi connectivity index (χ2n) is 2.93. The summed E-state index contributed by atoms with van der Waals surface area (Å²) in [6.07, 6.45) is 0. The molecule has 0 unspecified atom stereocenters. The fourth-order valence-electron chi connectivity index (χ4n) is 1.20. The monoisotopic (exact) mass is 207 g/mol. The smallest absolute Gasteiger partial charge is 0.258 e. The number of aromatic nitrogens is 1. The number of aromatic amines is 1. The van der Waals surface area contributed by atoms with Crippen LogP contribution in [-0.2, 0) is 6.61 Å². The van der Waals surface area contributed by atoms with Crippen molar-refractivity contribution in [2.24, 2.45) is 0 Å². The van der Waals surface area contributed by atoms with Crippen molar-refractivity contribution < 1.29 is 5.11 Å². The molecule has 14 heavy (non-hydrogen) atoms. The summed E-state index contributed by atoms with van der Waals surface area (Å²) in [6, 6.07) is 9.05. The fourth-order valence-corrected chi connectivity index (χ4v) is 1.89. The van der Waals surface area contributed by atoms with Crippen LogP contribution in [0.3, 0.4) is 0 Å². The largest absolute Gasteiger partial charge is 0.392 e. The quantitative estimate of drug-likeness (QED) is 0.785. The van der Waals surface area contributed by atoms with E-state index in [0.29, 0.717) is 0 Å². The van der Waals surface area contributed by atoms with Crippen LogP contribution in [0.1, 0.15) is 5.56 Å². The molecule has 0 saturated carbocycles. The Labute approximate surface area is 84.8 Å². The second kappa shape index (κ2) is 3.77. The highest BCUT2D eigenvalue weighted by Gasteiger charge is 2.00. The first-order valence-corrected chi connectivity index (χ1v) is 5.00. The number of benzene rings is 1. The molecule has 0 aliphatic rings. The van der Waals surface area contributed by atoms with E-state index in [-0.39, 0.29) is 12.2 Å². The van der Waals surface area contributed by atoms with Crippen LogP contribution in [0.4, 0.5) is 0 Å². The summed E-state index contributed by atoms with van der Waals surface area (Å²) in [5.74, 6) is 0. The number of hydrogen-bond donors (Lipinski definition) is 2. The average molecular weight is 207 g/mol. The third-order valence-corrected chi connectivity index (χ3v) is 2.82. The summed E-state index contributed by atoms with van der Waals surface area (Å²) in [5.41, 5.74) is 1.79. The van der Waals surface area contributed by atoms with Gasteiger partial charge < -0.3 is 5.11 Å². The highest BCUT2D eigenvalue weighted by atomic mass is 32.1. The fraction of sp³-hybridized carbons (Fsp3) is 0.100. The van der Waals surface area contributed by atoms with E-state index in [1.54, 1.807) is 6.07 Å². The molecule has 0 amide bonds. The van der Waals surface area contributed by atoms with Gasteiger partial charge in [0.2, 0.25) is 0 Å². The van der Waals surface area contributed by atoms with Crippen LogP contribution in [0.2, 0.25) is 0 Å². The van der Waals surface area contributed by atoms with E-state index in [9.17, 15) is 4.79 Å². The molecule has 0 atom stereocenters. The van der Waals surface area contributed by atoms with Crippen molar-refractivity contribution in [1.82, 2.24) is 4.37 Å². The summed E-state index contributed by atoms with van der Waals surface area (Å²) in [5, 5.41) is 8.85. The Bertz CT molecular complexity index is 469. The third-order valence-electron chi connectivity index (χ3n) is 1.94. The van der Waals surface area contributed by atoms with E-state index in [1.165, 1.54) is 11.5 Å². The van der Waals surface area contributed by atoms with Crippen LogP contribution >= 0.6 is 11.5 Å². The number of aliphatic hydroxyl groups excluding tert-OH is 1. The molecule has 3 nitrogen and oxygen atoms in total. The predicted octanol–water partition coefficient (Wildman–Crippen LogP) is 1.60. The highest BCUT2D eigenvalue weighted by molar-refractivity contribution is 7.09. The number of nitrogens with one attached hydrogen (secondary N) is 1. The lowest BCUT2D eigenvalue weighted by atomic mass is 10.1. The van der Waals surface area contributed by atoms with Crippen LogP contribution in [0, 0.1) is 0 Å². The first-order chi connectivity index (χ1) is 6.79. The van der Waals surface area contributed by atoms with Crippen molar-refractivity contribution in [3.05, 3.63) is 46.2 Å². The first-order valence-electron chi connectivity index (χ1n) is 4.18. The molecule has 4 heteroatoms. The van der Waals surface area contributed by atoms with Gasteiger partial charge in [-0.15, -0.1) is 0 Å². The molecule has 0 radical (unpaired) electrons. The summed E-state index contributed by atoms with van der Waals surface area (Å²) in [6.45, 7) is 0.0453.